The molecule has 1 saturated heterocycles. The number of halogens is 2. The normalized spacial score (nSPS) is 17.5. The molecule has 0 saturated carbocycles. The Labute approximate surface area is 166 Å². The van der Waals surface area contributed by atoms with Crippen LogP contribution in [-0.4, -0.2) is 32.3 Å². The highest BCUT2D eigenvalue weighted by atomic mass is 35.5. The first-order valence-electron chi connectivity index (χ1n) is 9.25. The third-order valence-electron chi connectivity index (χ3n) is 5.11. The molecule has 4 rings (SSSR count). The highest BCUT2D eigenvalue weighted by molar-refractivity contribution is 6.33. The van der Waals surface area contributed by atoms with Crippen molar-refractivity contribution in [1.29, 1.82) is 0 Å². The molecule has 146 valence electrons. The number of hydrogen-bond donors (Lipinski definition) is 0. The fraction of sp³-hybridized carbons (Fsp3) is 0.350. The third-order valence-corrected chi connectivity index (χ3v) is 5.38. The Morgan fingerprint density at radius 3 is 2.75 bits per heavy atom. The number of aryl methyl sites for hydroxylation is 1. The Bertz CT molecular complexity index is 963. The molecule has 3 aromatic rings. The maximum absolute atomic E-state index is 13.2. The Morgan fingerprint density at radius 1 is 1.25 bits per heavy atom. The van der Waals surface area contributed by atoms with Crippen molar-refractivity contribution in [2.75, 3.05) is 6.54 Å². The Hall–Kier alpha value is -2.67. The maximum Gasteiger partial charge on any atom is 0.274 e. The van der Waals surface area contributed by atoms with Crippen LogP contribution in [0.15, 0.2) is 41.1 Å². The van der Waals surface area contributed by atoms with E-state index in [-0.39, 0.29) is 17.8 Å². The zero-order chi connectivity index (χ0) is 19.7. The molecule has 1 unspecified atom stereocenters. The van der Waals surface area contributed by atoms with Crippen molar-refractivity contribution in [2.24, 2.45) is 7.05 Å². The predicted molar refractivity (Wildman–Crippen MR) is 102 cm³/mol. The number of likely N-dealkylation sites (tertiary alicyclic amines) is 1. The average molecular weight is 403 g/mol. The fourth-order valence-electron chi connectivity index (χ4n) is 3.64. The third kappa shape index (κ3) is 3.54. The molecule has 2 aromatic heterocycles. The lowest BCUT2D eigenvalue weighted by atomic mass is 10.1. The standard InChI is InChI=1S/C20H20ClFN4O2/c1-25-19(15(21)12-23-25)20(27)26-10-4-2-3-5-17(26)18-11-16(24-28-18)13-6-8-14(22)9-7-13/h6-9,11-12,17H,2-5,10H2,1H3. The van der Waals surface area contributed by atoms with Crippen LogP contribution in [0.1, 0.15) is 48.0 Å². The molecule has 1 fully saturated rings. The van der Waals surface area contributed by atoms with E-state index in [0.717, 1.165) is 31.2 Å². The Balaban J connectivity index is 1.66. The van der Waals surface area contributed by atoms with Gasteiger partial charge in [-0.1, -0.05) is 29.6 Å². The number of amides is 1. The summed E-state index contributed by atoms with van der Waals surface area (Å²) in [7, 11) is 1.70. The van der Waals surface area contributed by atoms with Crippen molar-refractivity contribution >= 4 is 17.5 Å². The Kier molecular flexibility index (Phi) is 5.17. The van der Waals surface area contributed by atoms with Gasteiger partial charge in [-0.3, -0.25) is 9.48 Å². The second-order valence-corrected chi connectivity index (χ2v) is 7.36. The van der Waals surface area contributed by atoms with Crippen LogP contribution in [0.4, 0.5) is 4.39 Å². The summed E-state index contributed by atoms with van der Waals surface area (Å²) in [4.78, 5) is 15.0. The lowest BCUT2D eigenvalue weighted by Gasteiger charge is -2.28. The summed E-state index contributed by atoms with van der Waals surface area (Å²) in [6.45, 7) is 0.609. The summed E-state index contributed by atoms with van der Waals surface area (Å²) in [6, 6.07) is 7.67. The van der Waals surface area contributed by atoms with Crippen molar-refractivity contribution in [3.8, 4) is 11.3 Å². The molecule has 0 aliphatic carbocycles. The molecule has 1 amide bonds. The SMILES string of the molecule is Cn1ncc(Cl)c1C(=O)N1CCCCCC1c1cc(-c2ccc(F)cc2)no1. The maximum atomic E-state index is 13.2. The van der Waals surface area contributed by atoms with Gasteiger partial charge in [0.25, 0.3) is 5.91 Å². The summed E-state index contributed by atoms with van der Waals surface area (Å²) >= 11 is 6.19. The number of benzene rings is 1. The molecule has 0 N–H and O–H groups in total. The van der Waals surface area contributed by atoms with E-state index in [1.54, 1.807) is 24.1 Å². The first-order valence-corrected chi connectivity index (χ1v) is 9.63. The molecular weight excluding hydrogens is 383 g/mol. The second kappa shape index (κ2) is 7.75. The van der Waals surface area contributed by atoms with Crippen LogP contribution in [0.25, 0.3) is 11.3 Å². The zero-order valence-electron chi connectivity index (χ0n) is 15.4. The van der Waals surface area contributed by atoms with Gasteiger partial charge < -0.3 is 9.42 Å². The summed E-state index contributed by atoms with van der Waals surface area (Å²) < 4.78 is 20.3. The number of nitrogens with zero attached hydrogens (tertiary/aromatic N) is 4. The highest BCUT2D eigenvalue weighted by Gasteiger charge is 2.32. The van der Waals surface area contributed by atoms with Crippen LogP contribution in [0, 0.1) is 5.82 Å². The van der Waals surface area contributed by atoms with Gasteiger partial charge in [0.2, 0.25) is 0 Å². The van der Waals surface area contributed by atoms with Crippen LogP contribution in [0.3, 0.4) is 0 Å². The summed E-state index contributed by atoms with van der Waals surface area (Å²) in [6.07, 6.45) is 5.19. The van der Waals surface area contributed by atoms with Gasteiger partial charge in [-0.25, -0.2) is 4.39 Å². The second-order valence-electron chi connectivity index (χ2n) is 6.95. The molecule has 1 atom stereocenters. The Morgan fingerprint density at radius 2 is 2.04 bits per heavy atom. The van der Waals surface area contributed by atoms with Crippen molar-refractivity contribution in [1.82, 2.24) is 19.8 Å². The molecule has 0 bridgehead atoms. The monoisotopic (exact) mass is 402 g/mol. The molecule has 0 radical (unpaired) electrons. The molecule has 3 heterocycles. The van der Waals surface area contributed by atoms with Gasteiger partial charge in [0, 0.05) is 25.2 Å². The van der Waals surface area contributed by atoms with Gasteiger partial charge in [0.1, 0.15) is 17.2 Å². The van der Waals surface area contributed by atoms with Gasteiger partial charge in [-0.15, -0.1) is 0 Å². The summed E-state index contributed by atoms with van der Waals surface area (Å²) in [5, 5.41) is 8.54. The lowest BCUT2D eigenvalue weighted by molar-refractivity contribution is 0.0640. The van der Waals surface area contributed by atoms with E-state index in [4.69, 9.17) is 16.1 Å². The molecular formula is C20H20ClFN4O2. The largest absolute Gasteiger partial charge is 0.359 e. The van der Waals surface area contributed by atoms with E-state index in [0.29, 0.717) is 28.7 Å². The minimum Gasteiger partial charge on any atom is -0.359 e. The number of hydrogen-bond acceptors (Lipinski definition) is 4. The van der Waals surface area contributed by atoms with Crippen LogP contribution >= 0.6 is 11.6 Å². The van der Waals surface area contributed by atoms with Crippen LogP contribution in [0.2, 0.25) is 5.02 Å². The first kappa shape index (κ1) is 18.7. The topological polar surface area (TPSA) is 64.2 Å². The lowest BCUT2D eigenvalue weighted by Crippen LogP contribution is -2.36. The minimum absolute atomic E-state index is 0.170. The number of rotatable bonds is 3. The van der Waals surface area contributed by atoms with Crippen LogP contribution in [-0.2, 0) is 7.05 Å². The quantitative estimate of drug-likeness (QED) is 0.641. The van der Waals surface area contributed by atoms with Gasteiger partial charge in [-0.2, -0.15) is 5.10 Å². The molecule has 6 nitrogen and oxygen atoms in total. The predicted octanol–water partition coefficient (Wildman–Crippen LogP) is 4.63. The summed E-state index contributed by atoms with van der Waals surface area (Å²) in [5.41, 5.74) is 1.75. The van der Waals surface area contributed by atoms with Gasteiger partial charge in [-0.05, 0) is 37.1 Å². The van der Waals surface area contributed by atoms with Crippen LogP contribution < -0.4 is 0 Å². The number of aromatic nitrogens is 3. The number of carbonyl (C=O) groups excluding carboxylic acids is 1. The van der Waals surface area contributed by atoms with Gasteiger partial charge in [0.15, 0.2) is 5.76 Å². The first-order chi connectivity index (χ1) is 13.5. The zero-order valence-corrected chi connectivity index (χ0v) is 16.2. The molecule has 1 aliphatic rings. The molecule has 1 aromatic carbocycles. The van der Waals surface area contributed by atoms with Crippen LogP contribution in [0.5, 0.6) is 0 Å². The summed E-state index contributed by atoms with van der Waals surface area (Å²) in [5.74, 6) is 0.144. The van der Waals surface area contributed by atoms with Crippen molar-refractivity contribution < 1.29 is 13.7 Å². The number of carbonyl (C=O) groups is 1. The molecule has 8 heteroatoms. The van der Waals surface area contributed by atoms with E-state index in [2.05, 4.69) is 10.3 Å². The minimum atomic E-state index is -0.305. The van der Waals surface area contributed by atoms with Crippen molar-refractivity contribution in [3.05, 3.63) is 58.8 Å². The smallest absolute Gasteiger partial charge is 0.274 e. The van der Waals surface area contributed by atoms with E-state index < -0.39 is 0 Å². The van der Waals surface area contributed by atoms with E-state index in [9.17, 15) is 9.18 Å². The van der Waals surface area contributed by atoms with E-state index >= 15 is 0 Å². The molecule has 0 spiro atoms. The van der Waals surface area contributed by atoms with Gasteiger partial charge >= 0.3 is 0 Å². The average Bonchev–Trinajstić information content (AvgIpc) is 3.21. The molecule has 28 heavy (non-hydrogen) atoms. The fourth-order valence-corrected chi connectivity index (χ4v) is 3.88. The van der Waals surface area contributed by atoms with E-state index in [1.165, 1.54) is 23.0 Å². The van der Waals surface area contributed by atoms with Crippen molar-refractivity contribution in [2.45, 2.75) is 31.7 Å². The molecule has 1 aliphatic heterocycles. The van der Waals surface area contributed by atoms with Gasteiger partial charge in [0.05, 0.1) is 17.3 Å². The van der Waals surface area contributed by atoms with E-state index in [1.807, 2.05) is 6.07 Å². The highest BCUT2D eigenvalue weighted by Crippen LogP contribution is 2.34. The van der Waals surface area contributed by atoms with Crippen molar-refractivity contribution in [3.63, 3.8) is 0 Å².